The van der Waals surface area contributed by atoms with Crippen LogP contribution >= 0.6 is 0 Å². The number of fused-ring (bicyclic) bond motifs is 1. The number of nitrogens with zero attached hydrogens (tertiary/aromatic N) is 5. The summed E-state index contributed by atoms with van der Waals surface area (Å²) in [6, 6.07) is 3.89. The minimum atomic E-state index is -4.64. The van der Waals surface area contributed by atoms with Crippen LogP contribution in [-0.4, -0.2) is 50.4 Å². The number of hydrogen-bond acceptors (Lipinski definition) is 8. The molecule has 1 saturated heterocycles. The van der Waals surface area contributed by atoms with Gasteiger partial charge in [0, 0.05) is 36.4 Å². The molecule has 0 bridgehead atoms. The highest BCUT2D eigenvalue weighted by Gasteiger charge is 2.36. The van der Waals surface area contributed by atoms with Gasteiger partial charge in [0.1, 0.15) is 16.9 Å². The molecule has 0 spiro atoms. The average Bonchev–Trinajstić information content (AvgIpc) is 3.17. The molecule has 1 aliphatic heterocycles. The number of hydrogen-bond donors (Lipinski definition) is 5. The van der Waals surface area contributed by atoms with E-state index in [-0.39, 0.29) is 23.0 Å². The number of amidine groups is 1. The van der Waals surface area contributed by atoms with E-state index in [4.69, 9.17) is 17.4 Å². The van der Waals surface area contributed by atoms with Gasteiger partial charge in [-0.15, -0.1) is 0 Å². The number of piperidine rings is 1. The van der Waals surface area contributed by atoms with Crippen LogP contribution in [0.1, 0.15) is 37.4 Å². The zero-order chi connectivity index (χ0) is 24.2. The summed E-state index contributed by atoms with van der Waals surface area (Å²) in [7, 11) is 1.52. The van der Waals surface area contributed by atoms with Crippen LogP contribution in [0, 0.1) is 0 Å². The van der Waals surface area contributed by atoms with Gasteiger partial charge >= 0.3 is 6.18 Å². The van der Waals surface area contributed by atoms with Crippen molar-refractivity contribution >= 4 is 22.8 Å². The molecule has 4 heterocycles. The van der Waals surface area contributed by atoms with Gasteiger partial charge in [0.25, 0.3) is 0 Å². The predicted molar refractivity (Wildman–Crippen MR) is 121 cm³/mol. The summed E-state index contributed by atoms with van der Waals surface area (Å²) in [5.41, 5.74) is 4.98. The van der Waals surface area contributed by atoms with Crippen LogP contribution in [0.5, 0.6) is 0 Å². The van der Waals surface area contributed by atoms with Crippen molar-refractivity contribution in [1.82, 2.24) is 30.3 Å². The largest absolute Gasteiger partial charge is 0.419 e. The second-order valence-electron chi connectivity index (χ2n) is 7.70. The third kappa shape index (κ3) is 5.68. The highest BCUT2D eigenvalue weighted by molar-refractivity contribution is 6.00. The Hall–Kier alpha value is -3.45. The zero-order valence-electron chi connectivity index (χ0n) is 18.3. The van der Waals surface area contributed by atoms with Crippen molar-refractivity contribution in [2.75, 3.05) is 19.3 Å². The number of aromatic amines is 1. The average molecular weight is 465 g/mol. The number of alkyl halides is 3. The molecule has 8 N–H and O–H groups in total. The van der Waals surface area contributed by atoms with E-state index >= 15 is 0 Å². The third-order valence-electron chi connectivity index (χ3n) is 5.15. The molecular formula is C20H27F3N10. The van der Waals surface area contributed by atoms with Gasteiger partial charge in [-0.3, -0.25) is 5.01 Å². The Morgan fingerprint density at radius 2 is 2.00 bits per heavy atom. The first kappa shape index (κ1) is 24.2. The second-order valence-corrected chi connectivity index (χ2v) is 7.70. The minimum absolute atomic E-state index is 0.188. The molecule has 10 nitrogen and oxygen atoms in total. The van der Waals surface area contributed by atoms with E-state index in [0.29, 0.717) is 22.9 Å². The predicted octanol–water partition coefficient (Wildman–Crippen LogP) is 2.20. The maximum Gasteiger partial charge on any atom is 0.419 e. The minimum Gasteiger partial charge on any atom is -0.368 e. The standard InChI is InChI=1S/C14H14F3N9.C6H13N/c1-26(20)12(25-19)9-3-2-6-7(4-21-11(6)23-9)10-8(14(15,16)17)5-22-13(18)24-10;1-6-4-2-3-5-7-6/h2-5H,19-20H2,1H3,(H,21,23)(H2,18,22,24);6-7H,2-5H2,1H3/b25-12-;. The van der Waals surface area contributed by atoms with Gasteiger partial charge in [-0.05, 0) is 38.4 Å². The smallest absolute Gasteiger partial charge is 0.368 e. The highest BCUT2D eigenvalue weighted by Crippen LogP contribution is 2.38. The SMILES string of the molecule is CC1CCCCN1.CN(N)/C(=N\N)c1ccc2c(-c3nc(N)ncc3C(F)(F)F)c[nH]c2n1. The monoisotopic (exact) mass is 464 g/mol. The number of hydrazine groups is 1. The molecule has 4 rings (SSSR count). The number of H-pyrrole nitrogens is 1. The van der Waals surface area contributed by atoms with Crippen molar-refractivity contribution in [3.05, 3.63) is 35.8 Å². The molecule has 0 radical (unpaired) electrons. The van der Waals surface area contributed by atoms with Gasteiger partial charge in [0.2, 0.25) is 5.95 Å². The Morgan fingerprint density at radius 1 is 1.24 bits per heavy atom. The fraction of sp³-hybridized carbons (Fsp3) is 0.400. The van der Waals surface area contributed by atoms with Crippen molar-refractivity contribution in [3.63, 3.8) is 0 Å². The lowest BCUT2D eigenvalue weighted by molar-refractivity contribution is -0.137. The summed E-state index contributed by atoms with van der Waals surface area (Å²) in [6.07, 6.45) is 1.56. The molecule has 13 heteroatoms. The second kappa shape index (κ2) is 10.0. The van der Waals surface area contributed by atoms with E-state index in [1.54, 1.807) is 6.07 Å². The first-order chi connectivity index (χ1) is 15.6. The molecule has 1 aliphatic rings. The first-order valence-electron chi connectivity index (χ1n) is 10.3. The lowest BCUT2D eigenvalue weighted by atomic mass is 10.1. The summed E-state index contributed by atoms with van der Waals surface area (Å²) in [6.45, 7) is 3.49. The number of halogens is 3. The number of nitrogens with one attached hydrogen (secondary N) is 2. The quantitative estimate of drug-likeness (QED) is 0.167. The lowest BCUT2D eigenvalue weighted by Crippen LogP contribution is -2.35. The summed E-state index contributed by atoms with van der Waals surface area (Å²) >= 11 is 0. The molecule has 178 valence electrons. The van der Waals surface area contributed by atoms with Crippen LogP contribution in [0.3, 0.4) is 0 Å². The van der Waals surface area contributed by atoms with Crippen LogP contribution in [0.4, 0.5) is 19.1 Å². The third-order valence-corrected chi connectivity index (χ3v) is 5.15. The maximum atomic E-state index is 13.3. The van der Waals surface area contributed by atoms with Crippen molar-refractivity contribution in [2.24, 2.45) is 16.8 Å². The Labute approximate surface area is 188 Å². The van der Waals surface area contributed by atoms with E-state index < -0.39 is 11.7 Å². The molecule has 0 aromatic carbocycles. The topological polar surface area (TPSA) is 160 Å². The van der Waals surface area contributed by atoms with Crippen LogP contribution in [0.2, 0.25) is 0 Å². The Kier molecular flexibility index (Phi) is 7.33. The van der Waals surface area contributed by atoms with Crippen LogP contribution in [0.25, 0.3) is 22.3 Å². The fourth-order valence-corrected chi connectivity index (χ4v) is 3.50. The normalized spacial score (nSPS) is 16.9. The molecule has 0 aliphatic carbocycles. The van der Waals surface area contributed by atoms with E-state index in [1.807, 2.05) is 0 Å². The van der Waals surface area contributed by atoms with Crippen molar-refractivity contribution in [2.45, 2.75) is 38.4 Å². The van der Waals surface area contributed by atoms with Crippen LogP contribution in [0.15, 0.2) is 29.6 Å². The number of nitrogen functional groups attached to an aromatic ring is 1. The van der Waals surface area contributed by atoms with Crippen molar-refractivity contribution in [3.8, 4) is 11.3 Å². The van der Waals surface area contributed by atoms with E-state index in [0.717, 1.165) is 6.04 Å². The van der Waals surface area contributed by atoms with Gasteiger partial charge in [0.05, 0.1) is 5.69 Å². The zero-order valence-corrected chi connectivity index (χ0v) is 18.3. The fourth-order valence-electron chi connectivity index (χ4n) is 3.50. The summed E-state index contributed by atoms with van der Waals surface area (Å²) in [5, 5.41) is 8.51. The summed E-state index contributed by atoms with van der Waals surface area (Å²) in [5.74, 6) is 10.8. The lowest BCUT2D eigenvalue weighted by Gasteiger charge is -2.18. The van der Waals surface area contributed by atoms with E-state index in [9.17, 15) is 13.2 Å². The molecular weight excluding hydrogens is 437 g/mol. The molecule has 0 saturated carbocycles. The van der Waals surface area contributed by atoms with Crippen molar-refractivity contribution < 1.29 is 13.2 Å². The molecule has 3 aromatic heterocycles. The number of aromatic nitrogens is 4. The molecule has 1 atom stereocenters. The van der Waals surface area contributed by atoms with Gasteiger partial charge in [-0.25, -0.2) is 20.8 Å². The summed E-state index contributed by atoms with van der Waals surface area (Å²) in [4.78, 5) is 14.3. The molecule has 0 amide bonds. The molecule has 3 aromatic rings. The molecule has 1 fully saturated rings. The van der Waals surface area contributed by atoms with Gasteiger partial charge < -0.3 is 21.9 Å². The number of nitrogens with two attached hydrogens (primary N) is 3. The first-order valence-corrected chi connectivity index (χ1v) is 10.3. The summed E-state index contributed by atoms with van der Waals surface area (Å²) < 4.78 is 39.8. The number of pyridine rings is 1. The number of rotatable bonds is 2. The maximum absolute atomic E-state index is 13.3. The number of hydrazone groups is 1. The van der Waals surface area contributed by atoms with Crippen LogP contribution in [-0.2, 0) is 6.18 Å². The Morgan fingerprint density at radius 3 is 2.55 bits per heavy atom. The van der Waals surface area contributed by atoms with Gasteiger partial charge in [-0.1, -0.05) is 6.42 Å². The van der Waals surface area contributed by atoms with Gasteiger partial charge in [0.15, 0.2) is 5.84 Å². The van der Waals surface area contributed by atoms with Crippen molar-refractivity contribution in [1.29, 1.82) is 0 Å². The highest BCUT2D eigenvalue weighted by atomic mass is 19.4. The number of anilines is 1. The van der Waals surface area contributed by atoms with E-state index in [1.165, 1.54) is 50.1 Å². The Bertz CT molecular complexity index is 1120. The van der Waals surface area contributed by atoms with Gasteiger partial charge in [-0.2, -0.15) is 18.3 Å². The van der Waals surface area contributed by atoms with Crippen LogP contribution < -0.4 is 22.7 Å². The molecule has 1 unspecified atom stereocenters. The molecule has 33 heavy (non-hydrogen) atoms. The Balaban J connectivity index is 0.000000374. The van der Waals surface area contributed by atoms with E-state index in [2.05, 4.69) is 37.3 Å².